The highest BCUT2D eigenvalue weighted by Gasteiger charge is 2.15. The monoisotopic (exact) mass is 231 g/mol. The second-order valence-corrected chi connectivity index (χ2v) is 3.54. The first-order chi connectivity index (χ1) is 8.16. The predicted molar refractivity (Wildman–Crippen MR) is 60.3 cm³/mol. The van der Waals surface area contributed by atoms with Crippen LogP contribution in [0, 0.1) is 43.2 Å². The van der Waals surface area contributed by atoms with Crippen molar-refractivity contribution in [2.75, 3.05) is 0 Å². The van der Waals surface area contributed by atoms with Crippen LogP contribution in [0.3, 0.4) is 0 Å². The molecule has 0 aromatic heterocycles. The van der Waals surface area contributed by atoms with E-state index in [2.05, 4.69) is 0 Å². The van der Waals surface area contributed by atoms with Crippen molar-refractivity contribution in [3.05, 3.63) is 79.2 Å². The van der Waals surface area contributed by atoms with Crippen molar-refractivity contribution in [2.24, 2.45) is 0 Å². The zero-order valence-corrected chi connectivity index (χ0v) is 8.86. The van der Waals surface area contributed by atoms with Gasteiger partial charge in [-0.1, -0.05) is 6.08 Å². The molecule has 1 aromatic carbocycles. The van der Waals surface area contributed by atoms with Gasteiger partial charge in [0.05, 0.1) is 5.56 Å². The Bertz CT molecular complexity index is 446. The Balaban J connectivity index is 2.08. The Morgan fingerprint density at radius 2 is 1.82 bits per heavy atom. The number of ketones is 1. The molecule has 1 aromatic rings. The van der Waals surface area contributed by atoms with E-state index < -0.39 is 17.4 Å². The molecule has 0 aliphatic heterocycles. The molecule has 0 heterocycles. The average Bonchev–Trinajstić information content (AvgIpc) is 2.78. The second-order valence-electron chi connectivity index (χ2n) is 3.54. The third-order valence-electron chi connectivity index (χ3n) is 2.31. The van der Waals surface area contributed by atoms with E-state index in [9.17, 15) is 13.6 Å². The molecule has 1 aliphatic rings. The molecule has 1 aliphatic carbocycles. The molecule has 3 heteroatoms. The van der Waals surface area contributed by atoms with Crippen LogP contribution in [0.15, 0.2) is 30.4 Å². The Kier molecular flexibility index (Phi) is 3.67. The van der Waals surface area contributed by atoms with Crippen LogP contribution in [-0.4, -0.2) is 5.78 Å². The Hall–Kier alpha value is -1.51. The van der Waals surface area contributed by atoms with Gasteiger partial charge in [0, 0.05) is 12.0 Å². The van der Waals surface area contributed by atoms with Crippen molar-refractivity contribution in [3.63, 3.8) is 0 Å². The summed E-state index contributed by atoms with van der Waals surface area (Å²) in [6, 6.07) is 2.90. The molecule has 0 atom stereocenters. The third-order valence-corrected chi connectivity index (χ3v) is 2.31. The van der Waals surface area contributed by atoms with Crippen LogP contribution in [0.25, 0.3) is 0 Å². The van der Waals surface area contributed by atoms with Crippen LogP contribution in [-0.2, 0) is 0 Å². The first kappa shape index (κ1) is 12.0. The van der Waals surface area contributed by atoms with Crippen molar-refractivity contribution in [3.8, 4) is 0 Å². The van der Waals surface area contributed by atoms with Gasteiger partial charge in [0.25, 0.3) is 0 Å². The van der Waals surface area contributed by atoms with Crippen LogP contribution in [0.2, 0.25) is 0 Å². The molecule has 0 bridgehead atoms. The lowest BCUT2D eigenvalue weighted by Crippen LogP contribution is -2.00. The molecule has 85 valence electrons. The van der Waals surface area contributed by atoms with Gasteiger partial charge in [-0.25, -0.2) is 8.78 Å². The van der Waals surface area contributed by atoms with E-state index in [-0.39, 0.29) is 5.56 Å². The number of allylic oxidation sites excluding steroid dienone is 2. The Morgan fingerprint density at radius 1 is 1.12 bits per heavy atom. The van der Waals surface area contributed by atoms with Crippen LogP contribution < -0.4 is 0 Å². The van der Waals surface area contributed by atoms with Crippen LogP contribution in [0.4, 0.5) is 8.78 Å². The first-order valence-electron chi connectivity index (χ1n) is 5.06. The second kappa shape index (κ2) is 5.21. The summed E-state index contributed by atoms with van der Waals surface area (Å²) in [5, 5.41) is 0. The summed E-state index contributed by atoms with van der Waals surface area (Å²) in [6.45, 7) is 0. The zero-order valence-electron chi connectivity index (χ0n) is 8.86. The summed E-state index contributed by atoms with van der Waals surface area (Å²) in [5.41, 5.74) is -0.130. The SMILES string of the molecule is O=C(/C=C/[C]1[CH][CH][CH][CH]1)c1ccc(F)cc1F. The fourth-order valence-corrected chi connectivity index (χ4v) is 1.45. The largest absolute Gasteiger partial charge is 0.289 e. The summed E-state index contributed by atoms with van der Waals surface area (Å²) < 4.78 is 25.9. The molecule has 0 saturated heterocycles. The topological polar surface area (TPSA) is 17.1 Å². The maximum atomic E-state index is 13.3. The quantitative estimate of drug-likeness (QED) is 0.577. The maximum Gasteiger partial charge on any atom is 0.188 e. The van der Waals surface area contributed by atoms with E-state index in [1.165, 1.54) is 6.08 Å². The van der Waals surface area contributed by atoms with Gasteiger partial charge in [-0.15, -0.1) is 0 Å². The zero-order chi connectivity index (χ0) is 12.3. The van der Waals surface area contributed by atoms with Crippen molar-refractivity contribution in [2.45, 2.75) is 0 Å². The number of benzene rings is 1. The maximum absolute atomic E-state index is 13.3. The van der Waals surface area contributed by atoms with E-state index in [1.54, 1.807) is 6.08 Å². The van der Waals surface area contributed by atoms with Gasteiger partial charge in [0.2, 0.25) is 0 Å². The van der Waals surface area contributed by atoms with Gasteiger partial charge >= 0.3 is 0 Å². The van der Waals surface area contributed by atoms with Crippen molar-refractivity contribution in [1.82, 2.24) is 0 Å². The summed E-state index contributed by atoms with van der Waals surface area (Å²) >= 11 is 0. The first-order valence-corrected chi connectivity index (χ1v) is 5.06. The van der Waals surface area contributed by atoms with E-state index in [4.69, 9.17) is 0 Å². The van der Waals surface area contributed by atoms with Gasteiger partial charge in [0.15, 0.2) is 5.78 Å². The lowest BCUT2D eigenvalue weighted by atomic mass is 10.0. The average molecular weight is 231 g/mol. The minimum Gasteiger partial charge on any atom is -0.289 e. The Labute approximate surface area is 99.1 Å². The highest BCUT2D eigenvalue weighted by Crippen LogP contribution is 2.24. The molecule has 2 rings (SSSR count). The normalized spacial score (nSPS) is 16.8. The summed E-state index contributed by atoms with van der Waals surface area (Å²) in [5.74, 6) is -1.16. The highest BCUT2D eigenvalue weighted by atomic mass is 19.1. The van der Waals surface area contributed by atoms with E-state index in [0.29, 0.717) is 6.07 Å². The van der Waals surface area contributed by atoms with Gasteiger partial charge in [-0.3, -0.25) is 4.79 Å². The summed E-state index contributed by atoms with van der Waals surface area (Å²) in [6.07, 6.45) is 10.2. The van der Waals surface area contributed by atoms with Gasteiger partial charge in [-0.2, -0.15) is 0 Å². The summed E-state index contributed by atoms with van der Waals surface area (Å²) in [4.78, 5) is 11.6. The number of carbonyl (C=O) groups excluding carboxylic acids is 1. The van der Waals surface area contributed by atoms with Crippen molar-refractivity contribution < 1.29 is 13.6 Å². The Morgan fingerprint density at radius 3 is 2.47 bits per heavy atom. The highest BCUT2D eigenvalue weighted by molar-refractivity contribution is 6.04. The molecule has 1 nitrogen and oxygen atoms in total. The van der Waals surface area contributed by atoms with Gasteiger partial charge in [0.1, 0.15) is 11.6 Å². The smallest absolute Gasteiger partial charge is 0.188 e. The number of hydrogen-bond donors (Lipinski definition) is 0. The van der Waals surface area contributed by atoms with E-state index in [1.807, 2.05) is 25.7 Å². The number of hydrogen-bond acceptors (Lipinski definition) is 1. The molecule has 0 spiro atoms. The van der Waals surface area contributed by atoms with Crippen LogP contribution in [0.5, 0.6) is 0 Å². The molecule has 0 amide bonds. The summed E-state index contributed by atoms with van der Waals surface area (Å²) in [7, 11) is 0. The molecule has 0 N–H and O–H groups in total. The number of rotatable bonds is 3. The van der Waals surface area contributed by atoms with E-state index in [0.717, 1.165) is 18.1 Å². The molecule has 17 heavy (non-hydrogen) atoms. The fourth-order valence-electron chi connectivity index (χ4n) is 1.45. The third kappa shape index (κ3) is 2.99. The standard InChI is InChI=1S/C14H9F2O/c15-11-6-7-12(13(16)9-11)14(17)8-5-10-3-1-2-4-10/h1-9H/b8-5+. The van der Waals surface area contributed by atoms with E-state index >= 15 is 0 Å². The molecular formula is C14H9F2O. The van der Waals surface area contributed by atoms with Crippen molar-refractivity contribution >= 4 is 5.78 Å². The van der Waals surface area contributed by atoms with Gasteiger partial charge in [-0.05, 0) is 43.9 Å². The molecule has 1 saturated carbocycles. The predicted octanol–water partition coefficient (Wildman–Crippen LogP) is 3.11. The molecule has 5 radical (unpaired) electrons. The van der Waals surface area contributed by atoms with Crippen LogP contribution in [0.1, 0.15) is 10.4 Å². The molecule has 1 fully saturated rings. The van der Waals surface area contributed by atoms with Crippen molar-refractivity contribution in [1.29, 1.82) is 0 Å². The molecular weight excluding hydrogens is 222 g/mol. The minimum atomic E-state index is -0.845. The lowest BCUT2D eigenvalue weighted by Gasteiger charge is -2.00. The number of carbonyl (C=O) groups is 1. The fraction of sp³-hybridized carbons (Fsp3) is 0. The minimum absolute atomic E-state index is 0.130. The number of halogens is 2. The molecule has 0 unspecified atom stereocenters. The lowest BCUT2D eigenvalue weighted by molar-refractivity contribution is 0.104. The van der Waals surface area contributed by atoms with Crippen LogP contribution >= 0.6 is 0 Å². The van der Waals surface area contributed by atoms with Gasteiger partial charge < -0.3 is 0 Å².